The smallest absolute Gasteiger partial charge is 0.315 e. The van der Waals surface area contributed by atoms with Crippen LogP contribution < -0.4 is 10.6 Å². The van der Waals surface area contributed by atoms with Crippen LogP contribution in [0, 0.1) is 0 Å². The van der Waals surface area contributed by atoms with Gasteiger partial charge in [-0.25, -0.2) is 4.79 Å². The third-order valence-corrected chi connectivity index (χ3v) is 3.48. The Bertz CT molecular complexity index is 275. The van der Waals surface area contributed by atoms with Crippen LogP contribution in [0.4, 0.5) is 4.79 Å². The van der Waals surface area contributed by atoms with E-state index in [1.807, 2.05) is 6.92 Å². The van der Waals surface area contributed by atoms with Gasteiger partial charge in [0.25, 0.3) is 0 Å². The minimum absolute atomic E-state index is 0.0512. The zero-order chi connectivity index (χ0) is 13.4. The second kappa shape index (κ2) is 7.95. The van der Waals surface area contributed by atoms with Crippen LogP contribution >= 0.6 is 0 Å². The third-order valence-electron chi connectivity index (χ3n) is 3.48. The highest BCUT2D eigenvalue weighted by atomic mass is 16.4. The zero-order valence-corrected chi connectivity index (χ0v) is 11.1. The highest BCUT2D eigenvalue weighted by Gasteiger charge is 2.17. The van der Waals surface area contributed by atoms with E-state index in [2.05, 4.69) is 10.6 Å². The summed E-state index contributed by atoms with van der Waals surface area (Å²) in [5, 5.41) is 14.5. The van der Waals surface area contributed by atoms with Crippen molar-refractivity contribution >= 4 is 12.0 Å². The molecule has 1 aliphatic carbocycles. The fourth-order valence-corrected chi connectivity index (χ4v) is 2.34. The molecule has 18 heavy (non-hydrogen) atoms. The lowest BCUT2D eigenvalue weighted by molar-refractivity contribution is -0.137. The van der Waals surface area contributed by atoms with Crippen molar-refractivity contribution in [2.45, 2.75) is 70.4 Å². The molecule has 0 spiro atoms. The van der Waals surface area contributed by atoms with Crippen molar-refractivity contribution in [2.24, 2.45) is 0 Å². The molecular formula is C13H24N2O3. The minimum atomic E-state index is -0.817. The van der Waals surface area contributed by atoms with Crippen LogP contribution in [0.25, 0.3) is 0 Å². The monoisotopic (exact) mass is 256 g/mol. The Morgan fingerprint density at radius 3 is 2.50 bits per heavy atom. The van der Waals surface area contributed by atoms with Gasteiger partial charge in [-0.15, -0.1) is 0 Å². The van der Waals surface area contributed by atoms with Crippen LogP contribution in [0.5, 0.6) is 0 Å². The molecule has 0 bridgehead atoms. The van der Waals surface area contributed by atoms with Gasteiger partial charge in [0.1, 0.15) is 0 Å². The Morgan fingerprint density at radius 1 is 1.28 bits per heavy atom. The van der Waals surface area contributed by atoms with Gasteiger partial charge in [-0.1, -0.05) is 26.2 Å². The highest BCUT2D eigenvalue weighted by molar-refractivity contribution is 5.74. The lowest BCUT2D eigenvalue weighted by Gasteiger charge is -2.24. The Labute approximate surface area is 108 Å². The van der Waals surface area contributed by atoms with E-state index in [9.17, 15) is 9.59 Å². The van der Waals surface area contributed by atoms with Crippen molar-refractivity contribution in [3.63, 3.8) is 0 Å². The van der Waals surface area contributed by atoms with Gasteiger partial charge in [-0.05, 0) is 25.7 Å². The summed E-state index contributed by atoms with van der Waals surface area (Å²) in [5.74, 6) is -0.817. The lowest BCUT2D eigenvalue weighted by Crippen LogP contribution is -2.46. The van der Waals surface area contributed by atoms with Crippen LogP contribution in [0.2, 0.25) is 0 Å². The topological polar surface area (TPSA) is 78.4 Å². The molecule has 1 saturated carbocycles. The first-order valence-electron chi connectivity index (χ1n) is 6.90. The summed E-state index contributed by atoms with van der Waals surface area (Å²) in [4.78, 5) is 22.2. The van der Waals surface area contributed by atoms with Crippen molar-refractivity contribution in [2.75, 3.05) is 0 Å². The van der Waals surface area contributed by atoms with E-state index in [0.29, 0.717) is 6.42 Å². The fourth-order valence-electron chi connectivity index (χ4n) is 2.34. The van der Waals surface area contributed by atoms with Gasteiger partial charge in [0.2, 0.25) is 0 Å². The fraction of sp³-hybridized carbons (Fsp3) is 0.846. The largest absolute Gasteiger partial charge is 0.481 e. The molecule has 0 heterocycles. The molecule has 0 saturated heterocycles. The number of hydrogen-bond donors (Lipinski definition) is 3. The maximum absolute atomic E-state index is 11.8. The SMILES string of the molecule is CCC(CCC(=O)O)NC(=O)NC1CCCCC1. The lowest BCUT2D eigenvalue weighted by atomic mass is 9.96. The molecule has 0 aromatic heterocycles. The van der Waals surface area contributed by atoms with E-state index in [0.717, 1.165) is 19.3 Å². The summed E-state index contributed by atoms with van der Waals surface area (Å²) in [5.41, 5.74) is 0. The van der Waals surface area contributed by atoms with Crippen molar-refractivity contribution in [1.82, 2.24) is 10.6 Å². The molecule has 5 heteroatoms. The van der Waals surface area contributed by atoms with Gasteiger partial charge >= 0.3 is 12.0 Å². The maximum Gasteiger partial charge on any atom is 0.315 e. The number of carbonyl (C=O) groups is 2. The molecule has 5 nitrogen and oxygen atoms in total. The molecule has 1 atom stereocenters. The second-order valence-electron chi connectivity index (χ2n) is 4.99. The molecule has 104 valence electrons. The maximum atomic E-state index is 11.8. The van der Waals surface area contributed by atoms with E-state index in [-0.39, 0.29) is 24.5 Å². The third kappa shape index (κ3) is 5.89. The number of aliphatic carboxylic acids is 1. The summed E-state index contributed by atoms with van der Waals surface area (Å²) in [6.45, 7) is 1.95. The molecule has 1 rings (SSSR count). The summed E-state index contributed by atoms with van der Waals surface area (Å²) in [6, 6.07) is 0.0829. The van der Waals surface area contributed by atoms with Gasteiger partial charge in [-0.3, -0.25) is 4.79 Å². The van der Waals surface area contributed by atoms with E-state index < -0.39 is 5.97 Å². The number of amides is 2. The molecule has 0 aromatic rings. The van der Waals surface area contributed by atoms with E-state index >= 15 is 0 Å². The number of urea groups is 1. The molecular weight excluding hydrogens is 232 g/mol. The highest BCUT2D eigenvalue weighted by Crippen LogP contribution is 2.17. The Balaban J connectivity index is 2.25. The summed E-state index contributed by atoms with van der Waals surface area (Å²) < 4.78 is 0. The predicted octanol–water partition coefficient (Wildman–Crippen LogP) is 2.26. The number of hydrogen-bond acceptors (Lipinski definition) is 2. The first kappa shape index (κ1) is 14.8. The van der Waals surface area contributed by atoms with Crippen molar-refractivity contribution in [3.05, 3.63) is 0 Å². The molecule has 2 amide bonds. The number of carboxylic acids is 1. The number of carbonyl (C=O) groups excluding carboxylic acids is 1. The van der Waals surface area contributed by atoms with Gasteiger partial charge in [-0.2, -0.15) is 0 Å². The van der Waals surface area contributed by atoms with Crippen molar-refractivity contribution in [1.29, 1.82) is 0 Å². The van der Waals surface area contributed by atoms with Crippen LogP contribution in [0.3, 0.4) is 0 Å². The van der Waals surface area contributed by atoms with Gasteiger partial charge in [0, 0.05) is 18.5 Å². The van der Waals surface area contributed by atoms with Crippen LogP contribution in [0.1, 0.15) is 58.3 Å². The number of rotatable bonds is 6. The standard InChI is InChI=1S/C13H24N2O3/c1-2-10(8-9-12(16)17)14-13(18)15-11-6-4-3-5-7-11/h10-11H,2-9H2,1H3,(H,16,17)(H2,14,15,18). The van der Waals surface area contributed by atoms with Gasteiger partial charge in [0.05, 0.1) is 0 Å². The van der Waals surface area contributed by atoms with E-state index in [4.69, 9.17) is 5.11 Å². The summed E-state index contributed by atoms with van der Waals surface area (Å²) >= 11 is 0. The Kier molecular flexibility index (Phi) is 6.54. The Hall–Kier alpha value is -1.26. The predicted molar refractivity (Wildman–Crippen MR) is 69.5 cm³/mol. The van der Waals surface area contributed by atoms with Crippen LogP contribution in [0.15, 0.2) is 0 Å². The van der Waals surface area contributed by atoms with Crippen molar-refractivity contribution < 1.29 is 14.7 Å². The van der Waals surface area contributed by atoms with Crippen LogP contribution in [-0.4, -0.2) is 29.2 Å². The second-order valence-corrected chi connectivity index (χ2v) is 4.99. The quantitative estimate of drug-likeness (QED) is 0.682. The normalized spacial score (nSPS) is 18.1. The number of carboxylic acid groups (broad SMARTS) is 1. The first-order valence-corrected chi connectivity index (χ1v) is 6.90. The molecule has 1 fully saturated rings. The van der Waals surface area contributed by atoms with E-state index in [1.165, 1.54) is 19.3 Å². The molecule has 1 aliphatic rings. The van der Waals surface area contributed by atoms with Gasteiger partial charge < -0.3 is 15.7 Å². The van der Waals surface area contributed by atoms with Gasteiger partial charge in [0.15, 0.2) is 0 Å². The first-order chi connectivity index (χ1) is 8.61. The zero-order valence-electron chi connectivity index (χ0n) is 11.1. The molecule has 3 N–H and O–H groups in total. The minimum Gasteiger partial charge on any atom is -0.481 e. The number of nitrogens with one attached hydrogen (secondary N) is 2. The molecule has 0 aliphatic heterocycles. The summed E-state index contributed by atoms with van der Waals surface area (Å²) in [7, 11) is 0. The average Bonchev–Trinajstić information content (AvgIpc) is 2.35. The Morgan fingerprint density at radius 2 is 1.94 bits per heavy atom. The van der Waals surface area contributed by atoms with E-state index in [1.54, 1.807) is 0 Å². The van der Waals surface area contributed by atoms with Crippen molar-refractivity contribution in [3.8, 4) is 0 Å². The molecule has 0 aromatic carbocycles. The average molecular weight is 256 g/mol. The molecule has 0 radical (unpaired) electrons. The summed E-state index contributed by atoms with van der Waals surface area (Å²) in [6.07, 6.45) is 7.08. The van der Waals surface area contributed by atoms with Crippen LogP contribution in [-0.2, 0) is 4.79 Å². The molecule has 1 unspecified atom stereocenters.